The van der Waals surface area contributed by atoms with Crippen molar-refractivity contribution in [2.45, 2.75) is 6.04 Å². The lowest BCUT2D eigenvalue weighted by atomic mass is 9.95. The van der Waals surface area contributed by atoms with E-state index in [1.54, 1.807) is 31.4 Å². The molecule has 4 rings (SSSR count). The third-order valence-corrected chi connectivity index (χ3v) is 6.18. The maximum Gasteiger partial charge on any atom is 0.295 e. The SMILES string of the molecule is COc1ccc([C@H]2C(=C(O)c3cc(Cl)ccc3O)C(=O)C(=O)N2CCN2CCOCC2)cc1. The minimum absolute atomic E-state index is 0.00723. The van der Waals surface area contributed by atoms with Gasteiger partial charge in [-0.15, -0.1) is 0 Å². The molecule has 2 N–H and O–H groups in total. The molecule has 2 aromatic carbocycles. The zero-order valence-electron chi connectivity index (χ0n) is 18.2. The summed E-state index contributed by atoms with van der Waals surface area (Å²) >= 11 is 6.05. The van der Waals surface area contributed by atoms with E-state index < -0.39 is 23.5 Å². The van der Waals surface area contributed by atoms with Crippen LogP contribution >= 0.6 is 11.6 Å². The fourth-order valence-corrected chi connectivity index (χ4v) is 4.33. The van der Waals surface area contributed by atoms with Gasteiger partial charge in [-0.05, 0) is 35.9 Å². The van der Waals surface area contributed by atoms with Gasteiger partial charge in [0, 0.05) is 31.2 Å². The van der Waals surface area contributed by atoms with Crippen molar-refractivity contribution in [3.63, 3.8) is 0 Å². The number of methoxy groups -OCH3 is 1. The maximum atomic E-state index is 13.1. The van der Waals surface area contributed by atoms with Crippen LogP contribution in [-0.4, -0.2) is 78.2 Å². The lowest BCUT2D eigenvalue weighted by molar-refractivity contribution is -0.140. The average Bonchev–Trinajstić information content (AvgIpc) is 3.09. The van der Waals surface area contributed by atoms with E-state index >= 15 is 0 Å². The van der Waals surface area contributed by atoms with Crippen LogP contribution in [0.4, 0.5) is 0 Å². The first-order valence-corrected chi connectivity index (χ1v) is 11.0. The van der Waals surface area contributed by atoms with Crippen LogP contribution in [0.3, 0.4) is 0 Å². The number of rotatable bonds is 6. The van der Waals surface area contributed by atoms with Crippen molar-refractivity contribution < 1.29 is 29.3 Å². The number of benzene rings is 2. The highest BCUT2D eigenvalue weighted by atomic mass is 35.5. The van der Waals surface area contributed by atoms with Crippen molar-refractivity contribution in [1.82, 2.24) is 9.80 Å². The second-order valence-corrected chi connectivity index (χ2v) is 8.32. The third-order valence-electron chi connectivity index (χ3n) is 5.95. The molecule has 1 atom stereocenters. The summed E-state index contributed by atoms with van der Waals surface area (Å²) in [7, 11) is 1.55. The van der Waals surface area contributed by atoms with Gasteiger partial charge in [0.05, 0.1) is 37.5 Å². The largest absolute Gasteiger partial charge is 0.507 e. The Balaban J connectivity index is 1.76. The van der Waals surface area contributed by atoms with E-state index in [4.69, 9.17) is 21.1 Å². The number of carbonyl (C=O) groups is 2. The first kappa shape index (κ1) is 23.1. The number of likely N-dealkylation sites (tertiary alicyclic amines) is 1. The molecule has 0 radical (unpaired) electrons. The fraction of sp³-hybridized carbons (Fsp3) is 0.333. The van der Waals surface area contributed by atoms with E-state index in [1.165, 1.54) is 23.1 Å². The number of aliphatic hydroxyl groups is 1. The number of morpholine rings is 1. The minimum Gasteiger partial charge on any atom is -0.507 e. The smallest absolute Gasteiger partial charge is 0.295 e. The fourth-order valence-electron chi connectivity index (χ4n) is 4.16. The molecule has 0 unspecified atom stereocenters. The number of aliphatic hydroxyl groups excluding tert-OH is 1. The number of aromatic hydroxyl groups is 1. The summed E-state index contributed by atoms with van der Waals surface area (Å²) in [6.45, 7) is 3.58. The summed E-state index contributed by atoms with van der Waals surface area (Å²) in [5.41, 5.74) is 0.539. The van der Waals surface area contributed by atoms with Crippen LogP contribution in [0.5, 0.6) is 11.5 Å². The molecule has 0 saturated carbocycles. The van der Waals surface area contributed by atoms with E-state index in [2.05, 4.69) is 4.90 Å². The lowest BCUT2D eigenvalue weighted by Gasteiger charge is -2.31. The zero-order chi connectivity index (χ0) is 23.5. The summed E-state index contributed by atoms with van der Waals surface area (Å²) in [6, 6.07) is 10.3. The molecule has 0 aliphatic carbocycles. The molecule has 0 bridgehead atoms. The van der Waals surface area contributed by atoms with Crippen LogP contribution in [0.1, 0.15) is 17.2 Å². The minimum atomic E-state index is -0.824. The number of amides is 1. The van der Waals surface area contributed by atoms with Gasteiger partial charge in [-0.3, -0.25) is 14.5 Å². The Morgan fingerprint density at radius 2 is 1.82 bits per heavy atom. The van der Waals surface area contributed by atoms with Gasteiger partial charge < -0.3 is 24.6 Å². The van der Waals surface area contributed by atoms with E-state index in [9.17, 15) is 19.8 Å². The monoisotopic (exact) mass is 472 g/mol. The second kappa shape index (κ2) is 9.82. The number of phenols is 1. The van der Waals surface area contributed by atoms with Gasteiger partial charge in [-0.25, -0.2) is 0 Å². The van der Waals surface area contributed by atoms with Crippen molar-refractivity contribution in [3.05, 3.63) is 64.2 Å². The maximum absolute atomic E-state index is 13.1. The van der Waals surface area contributed by atoms with Crippen LogP contribution in [0.2, 0.25) is 5.02 Å². The Morgan fingerprint density at radius 1 is 1.12 bits per heavy atom. The second-order valence-electron chi connectivity index (χ2n) is 7.88. The topological polar surface area (TPSA) is 99.5 Å². The number of carbonyl (C=O) groups excluding carboxylic acids is 2. The highest BCUT2D eigenvalue weighted by Gasteiger charge is 2.46. The number of hydrogen-bond acceptors (Lipinski definition) is 7. The molecule has 2 aliphatic heterocycles. The number of hydrogen-bond donors (Lipinski definition) is 2. The number of halogens is 1. The average molecular weight is 473 g/mol. The molecule has 2 aromatic rings. The van der Waals surface area contributed by atoms with Crippen LogP contribution in [0, 0.1) is 0 Å². The van der Waals surface area contributed by atoms with Crippen LogP contribution < -0.4 is 4.74 Å². The zero-order valence-corrected chi connectivity index (χ0v) is 18.9. The van der Waals surface area contributed by atoms with E-state index in [1.807, 2.05) is 0 Å². The van der Waals surface area contributed by atoms with Crippen molar-refractivity contribution in [1.29, 1.82) is 0 Å². The summed E-state index contributed by atoms with van der Waals surface area (Å²) in [5.74, 6) is -1.61. The Hall–Kier alpha value is -3.07. The summed E-state index contributed by atoms with van der Waals surface area (Å²) in [5, 5.41) is 21.7. The van der Waals surface area contributed by atoms with Gasteiger partial charge in [-0.2, -0.15) is 0 Å². The van der Waals surface area contributed by atoms with Gasteiger partial charge in [0.2, 0.25) is 0 Å². The van der Waals surface area contributed by atoms with Crippen molar-refractivity contribution in [3.8, 4) is 11.5 Å². The molecule has 2 fully saturated rings. The highest BCUT2D eigenvalue weighted by molar-refractivity contribution is 6.46. The Kier molecular flexibility index (Phi) is 6.88. The van der Waals surface area contributed by atoms with Crippen molar-refractivity contribution in [2.24, 2.45) is 0 Å². The number of Topliss-reactive ketones (excluding diaryl/α,β-unsaturated/α-hetero) is 1. The quantitative estimate of drug-likeness (QED) is 0.379. The molecular weight excluding hydrogens is 448 g/mol. The normalized spacial score (nSPS) is 20.9. The molecule has 2 saturated heterocycles. The first-order chi connectivity index (χ1) is 15.9. The van der Waals surface area contributed by atoms with Crippen LogP contribution in [-0.2, 0) is 14.3 Å². The highest BCUT2D eigenvalue weighted by Crippen LogP contribution is 2.41. The molecule has 9 heteroatoms. The third kappa shape index (κ3) is 4.68. The molecule has 174 valence electrons. The number of phenolic OH excluding ortho intramolecular Hbond substituents is 1. The van der Waals surface area contributed by atoms with E-state index in [-0.39, 0.29) is 21.9 Å². The van der Waals surface area contributed by atoms with Gasteiger partial charge in [0.15, 0.2) is 0 Å². The van der Waals surface area contributed by atoms with Gasteiger partial charge in [-0.1, -0.05) is 23.7 Å². The summed E-state index contributed by atoms with van der Waals surface area (Å²) < 4.78 is 10.6. The molecule has 2 heterocycles. The number of nitrogens with zero attached hydrogens (tertiary/aromatic N) is 2. The van der Waals surface area contributed by atoms with Crippen LogP contribution in [0.25, 0.3) is 5.76 Å². The summed E-state index contributed by atoms with van der Waals surface area (Å²) in [6.07, 6.45) is 0. The number of ether oxygens (including phenoxy) is 2. The predicted octanol–water partition coefficient (Wildman–Crippen LogP) is 2.81. The van der Waals surface area contributed by atoms with Gasteiger partial charge >= 0.3 is 0 Å². The lowest BCUT2D eigenvalue weighted by Crippen LogP contribution is -2.42. The number of ketones is 1. The Labute approximate surface area is 196 Å². The van der Waals surface area contributed by atoms with Crippen molar-refractivity contribution >= 4 is 29.1 Å². The molecule has 2 aliphatic rings. The first-order valence-electron chi connectivity index (χ1n) is 10.6. The van der Waals surface area contributed by atoms with Crippen LogP contribution in [0.15, 0.2) is 48.0 Å². The molecule has 0 spiro atoms. The Morgan fingerprint density at radius 3 is 2.48 bits per heavy atom. The molecular formula is C24H25ClN2O6. The van der Waals surface area contributed by atoms with Gasteiger partial charge in [0.25, 0.3) is 11.7 Å². The molecule has 8 nitrogen and oxygen atoms in total. The van der Waals surface area contributed by atoms with E-state index in [0.717, 1.165) is 13.1 Å². The van der Waals surface area contributed by atoms with E-state index in [0.29, 0.717) is 37.6 Å². The molecule has 33 heavy (non-hydrogen) atoms. The predicted molar refractivity (Wildman–Crippen MR) is 122 cm³/mol. The standard InChI is InChI=1S/C24H25ClN2O6/c1-32-17-5-2-15(3-6-17)21-20(22(29)18-14-16(25)4-7-19(18)28)23(30)24(31)27(21)9-8-26-10-12-33-13-11-26/h2-7,14,21,28-29H,8-13H2,1H3/t21-/m0/s1. The summed E-state index contributed by atoms with van der Waals surface area (Å²) in [4.78, 5) is 29.8. The molecule has 1 amide bonds. The van der Waals surface area contributed by atoms with Crippen molar-refractivity contribution in [2.75, 3.05) is 46.5 Å². The Bertz CT molecular complexity index is 1080. The van der Waals surface area contributed by atoms with Gasteiger partial charge in [0.1, 0.15) is 17.3 Å². The molecule has 0 aromatic heterocycles.